The molecule has 0 rings (SSSR count). The lowest BCUT2D eigenvalue weighted by molar-refractivity contribution is -0.159. The van der Waals surface area contributed by atoms with Crippen molar-refractivity contribution in [2.24, 2.45) is 5.73 Å². The molecule has 0 aromatic heterocycles. The molecular weight excluding hydrogens is 277 g/mol. The summed E-state index contributed by atoms with van der Waals surface area (Å²) in [4.78, 5) is 18.2. The highest BCUT2D eigenvalue weighted by molar-refractivity contribution is 7.53. The van der Waals surface area contributed by atoms with Gasteiger partial charge in [-0.15, -0.1) is 0 Å². The van der Waals surface area contributed by atoms with Crippen molar-refractivity contribution in [3.05, 3.63) is 0 Å². The second-order valence-corrected chi connectivity index (χ2v) is 5.46. The molecule has 0 saturated heterocycles. The average molecular weight is 299 g/mol. The molecule has 114 valence electrons. The van der Waals surface area contributed by atoms with Gasteiger partial charge in [0.05, 0.1) is 19.4 Å². The van der Waals surface area contributed by atoms with Gasteiger partial charge < -0.3 is 25.0 Å². The van der Waals surface area contributed by atoms with Crippen LogP contribution < -0.4 is 5.73 Å². The number of carboxylic acid groups (broad SMARTS) is 2. The van der Waals surface area contributed by atoms with Gasteiger partial charge in [-0.25, -0.2) is 9.59 Å². The van der Waals surface area contributed by atoms with Crippen LogP contribution in [0.25, 0.3) is 0 Å². The Morgan fingerprint density at radius 2 is 1.47 bits per heavy atom. The molecule has 0 aromatic carbocycles. The van der Waals surface area contributed by atoms with Gasteiger partial charge in [0.2, 0.25) is 0 Å². The molecule has 0 bridgehead atoms. The Balaban J connectivity index is 0. The van der Waals surface area contributed by atoms with E-state index in [4.69, 9.17) is 34.6 Å². The van der Waals surface area contributed by atoms with E-state index in [1.54, 1.807) is 0 Å². The third-order valence-electron chi connectivity index (χ3n) is 1.72. The molecule has 4 N–H and O–H groups in total. The highest BCUT2D eigenvalue weighted by atomic mass is 31.2. The standard InChI is InChI=1S/C8H20NO3P.C2H2O4/c1-3-11-13(10,12-4-2)8-6-5-7-9;3-1(4)2(5)6/h3-9H2,1-2H3;(H,3,4)(H,5,6). The SMILES string of the molecule is CCOP(=O)(CCCCN)OCC.O=C(O)C(=O)O. The Bertz CT molecular complexity index is 286. The van der Waals surface area contributed by atoms with E-state index in [1.165, 1.54) is 0 Å². The van der Waals surface area contributed by atoms with Crippen molar-refractivity contribution in [3.8, 4) is 0 Å². The summed E-state index contributed by atoms with van der Waals surface area (Å²) in [6, 6.07) is 0. The summed E-state index contributed by atoms with van der Waals surface area (Å²) in [5.41, 5.74) is 5.33. The molecule has 0 unspecified atom stereocenters. The van der Waals surface area contributed by atoms with Crippen LogP contribution in [0.3, 0.4) is 0 Å². The van der Waals surface area contributed by atoms with Gasteiger partial charge in [0.1, 0.15) is 0 Å². The Morgan fingerprint density at radius 1 is 1.05 bits per heavy atom. The second kappa shape index (κ2) is 12.1. The molecule has 0 aromatic rings. The molecule has 0 heterocycles. The van der Waals surface area contributed by atoms with Crippen molar-refractivity contribution >= 4 is 19.5 Å². The lowest BCUT2D eigenvalue weighted by Gasteiger charge is -2.16. The fraction of sp³-hybridized carbons (Fsp3) is 0.800. The summed E-state index contributed by atoms with van der Waals surface area (Å²) < 4.78 is 22.0. The first kappa shape index (κ1) is 20.4. The van der Waals surface area contributed by atoms with Crippen molar-refractivity contribution in [3.63, 3.8) is 0 Å². The number of aliphatic carboxylic acids is 2. The van der Waals surface area contributed by atoms with Gasteiger partial charge in [-0.1, -0.05) is 0 Å². The molecule has 0 aliphatic heterocycles. The zero-order valence-electron chi connectivity index (χ0n) is 11.2. The van der Waals surface area contributed by atoms with E-state index in [0.717, 1.165) is 12.8 Å². The summed E-state index contributed by atoms with van der Waals surface area (Å²) in [7, 11) is -2.80. The Hall–Kier alpha value is -0.950. The molecular formula is C10H22NO7P. The highest BCUT2D eigenvalue weighted by Crippen LogP contribution is 2.48. The molecule has 0 fully saturated rings. The van der Waals surface area contributed by atoms with Gasteiger partial charge in [0, 0.05) is 0 Å². The van der Waals surface area contributed by atoms with E-state index in [9.17, 15) is 4.57 Å². The molecule has 0 amide bonds. The summed E-state index contributed by atoms with van der Waals surface area (Å²) in [5, 5.41) is 14.8. The molecule has 0 radical (unpaired) electrons. The molecule has 0 spiro atoms. The zero-order valence-corrected chi connectivity index (χ0v) is 12.1. The lowest BCUT2D eigenvalue weighted by atomic mass is 10.3. The summed E-state index contributed by atoms with van der Waals surface area (Å²) >= 11 is 0. The largest absolute Gasteiger partial charge is 0.473 e. The smallest absolute Gasteiger partial charge is 0.414 e. The number of unbranched alkanes of at least 4 members (excludes halogenated alkanes) is 1. The molecule has 9 heteroatoms. The van der Waals surface area contributed by atoms with Crippen LogP contribution >= 0.6 is 7.60 Å². The fourth-order valence-electron chi connectivity index (χ4n) is 1.01. The first-order valence-corrected chi connectivity index (χ1v) is 7.60. The maximum atomic E-state index is 11.8. The van der Waals surface area contributed by atoms with E-state index in [2.05, 4.69) is 0 Å². The number of rotatable bonds is 8. The van der Waals surface area contributed by atoms with Gasteiger partial charge >= 0.3 is 19.5 Å². The minimum atomic E-state index is -2.80. The molecule has 0 saturated carbocycles. The first-order chi connectivity index (χ1) is 8.82. The van der Waals surface area contributed by atoms with E-state index < -0.39 is 19.5 Å². The molecule has 0 aliphatic carbocycles. The third-order valence-corrected chi connectivity index (χ3v) is 3.89. The Kier molecular flexibility index (Phi) is 13.0. The number of nitrogens with two attached hydrogens (primary N) is 1. The van der Waals surface area contributed by atoms with E-state index in [0.29, 0.717) is 25.9 Å². The molecule has 0 atom stereocenters. The van der Waals surface area contributed by atoms with E-state index in [-0.39, 0.29) is 0 Å². The van der Waals surface area contributed by atoms with Crippen molar-refractivity contribution in [2.75, 3.05) is 25.9 Å². The lowest BCUT2D eigenvalue weighted by Crippen LogP contribution is -2.09. The van der Waals surface area contributed by atoms with Gasteiger partial charge in [-0.05, 0) is 33.2 Å². The second-order valence-electron chi connectivity index (χ2n) is 3.28. The van der Waals surface area contributed by atoms with Crippen molar-refractivity contribution in [1.29, 1.82) is 0 Å². The maximum absolute atomic E-state index is 11.8. The summed E-state index contributed by atoms with van der Waals surface area (Å²) in [6.45, 7) is 5.11. The molecule has 8 nitrogen and oxygen atoms in total. The van der Waals surface area contributed by atoms with Gasteiger partial charge in [-0.3, -0.25) is 4.57 Å². The number of carbonyl (C=O) groups is 2. The Morgan fingerprint density at radius 3 is 1.74 bits per heavy atom. The predicted octanol–water partition coefficient (Wildman–Crippen LogP) is 1.15. The maximum Gasteiger partial charge on any atom is 0.414 e. The zero-order chi connectivity index (χ0) is 15.3. The minimum Gasteiger partial charge on any atom is -0.473 e. The molecule has 19 heavy (non-hydrogen) atoms. The van der Waals surface area contributed by atoms with Gasteiger partial charge in [0.25, 0.3) is 0 Å². The first-order valence-electron chi connectivity index (χ1n) is 5.87. The van der Waals surface area contributed by atoms with E-state index >= 15 is 0 Å². The summed E-state index contributed by atoms with van der Waals surface area (Å²) in [6.07, 6.45) is 2.14. The van der Waals surface area contributed by atoms with Crippen LogP contribution in [0.2, 0.25) is 0 Å². The van der Waals surface area contributed by atoms with Crippen LogP contribution in [0, 0.1) is 0 Å². The summed E-state index contributed by atoms with van der Waals surface area (Å²) in [5.74, 6) is -3.65. The van der Waals surface area contributed by atoms with Gasteiger partial charge in [0.15, 0.2) is 0 Å². The Labute approximate surface area is 112 Å². The normalized spacial score (nSPS) is 10.5. The topological polar surface area (TPSA) is 136 Å². The van der Waals surface area contributed by atoms with Crippen LogP contribution in [-0.4, -0.2) is 48.1 Å². The average Bonchev–Trinajstić information content (AvgIpc) is 2.30. The van der Waals surface area contributed by atoms with Crippen LogP contribution in [0.1, 0.15) is 26.7 Å². The van der Waals surface area contributed by atoms with Crippen molar-refractivity contribution < 1.29 is 33.4 Å². The van der Waals surface area contributed by atoms with Crippen molar-refractivity contribution in [2.45, 2.75) is 26.7 Å². The molecule has 0 aliphatic rings. The number of hydrogen-bond acceptors (Lipinski definition) is 6. The quantitative estimate of drug-likeness (QED) is 0.345. The number of hydrogen-bond donors (Lipinski definition) is 3. The minimum absolute atomic E-state index is 0.430. The van der Waals surface area contributed by atoms with Crippen LogP contribution in [0.15, 0.2) is 0 Å². The van der Waals surface area contributed by atoms with E-state index in [1.807, 2.05) is 13.8 Å². The third kappa shape index (κ3) is 13.3. The predicted molar refractivity (Wildman–Crippen MR) is 69.3 cm³/mol. The highest BCUT2D eigenvalue weighted by Gasteiger charge is 2.21. The van der Waals surface area contributed by atoms with Gasteiger partial charge in [-0.2, -0.15) is 0 Å². The van der Waals surface area contributed by atoms with Crippen molar-refractivity contribution in [1.82, 2.24) is 0 Å². The monoisotopic (exact) mass is 299 g/mol. The van der Waals surface area contributed by atoms with Crippen LogP contribution in [0.5, 0.6) is 0 Å². The van der Waals surface area contributed by atoms with Crippen LogP contribution in [-0.2, 0) is 23.2 Å². The fourth-order valence-corrected chi connectivity index (χ4v) is 2.74. The van der Waals surface area contributed by atoms with Crippen LogP contribution in [0.4, 0.5) is 0 Å². The number of carboxylic acids is 2.